The molecule has 1 heterocycles. The molecule has 1 aliphatic heterocycles. The van der Waals surface area contributed by atoms with Gasteiger partial charge in [-0.2, -0.15) is 13.2 Å². The first-order chi connectivity index (χ1) is 13.3. The average molecular weight is 387 g/mol. The lowest BCUT2D eigenvalue weighted by Gasteiger charge is -2.44. The minimum Gasteiger partial charge on any atom is -0.478 e. The van der Waals surface area contributed by atoms with E-state index in [4.69, 9.17) is 5.11 Å². The molecule has 2 saturated carbocycles. The molecule has 6 heteroatoms. The normalized spacial score (nSPS) is 30.5. The number of benzene rings is 2. The number of rotatable bonds is 2. The summed E-state index contributed by atoms with van der Waals surface area (Å²) in [4.78, 5) is 11.2. The van der Waals surface area contributed by atoms with Gasteiger partial charge in [0.25, 0.3) is 0 Å². The Hall–Kier alpha value is -2.50. The van der Waals surface area contributed by atoms with E-state index in [1.165, 1.54) is 18.2 Å². The summed E-state index contributed by atoms with van der Waals surface area (Å²) in [6.07, 6.45) is -1.16. The largest absolute Gasteiger partial charge is 0.478 e. The average Bonchev–Trinajstić information content (AvgIpc) is 3.28. The molecule has 2 N–H and O–H groups in total. The van der Waals surface area contributed by atoms with Crippen LogP contribution in [0.15, 0.2) is 42.5 Å². The van der Waals surface area contributed by atoms with Crippen LogP contribution >= 0.6 is 0 Å². The van der Waals surface area contributed by atoms with Gasteiger partial charge in [0.15, 0.2) is 0 Å². The first kappa shape index (κ1) is 17.6. The molecule has 3 aliphatic rings. The maximum Gasteiger partial charge on any atom is 0.418 e. The minimum absolute atomic E-state index is 0.126. The van der Waals surface area contributed by atoms with Crippen LogP contribution in [0.5, 0.6) is 0 Å². The van der Waals surface area contributed by atoms with Crippen LogP contribution in [0.1, 0.15) is 58.3 Å². The Labute approximate surface area is 160 Å². The third-order valence-electron chi connectivity index (χ3n) is 6.94. The van der Waals surface area contributed by atoms with E-state index in [-0.39, 0.29) is 29.1 Å². The van der Waals surface area contributed by atoms with Gasteiger partial charge in [-0.05, 0) is 72.3 Å². The molecule has 0 radical (unpaired) electrons. The molecular formula is C22H20F3NO2. The van der Waals surface area contributed by atoms with Crippen LogP contribution in [0.2, 0.25) is 0 Å². The summed E-state index contributed by atoms with van der Waals surface area (Å²) in [7, 11) is 0. The summed E-state index contributed by atoms with van der Waals surface area (Å²) in [6, 6.07) is 10.8. The third kappa shape index (κ3) is 2.54. The van der Waals surface area contributed by atoms with E-state index in [1.807, 2.05) is 6.07 Å². The molecule has 0 amide bonds. The molecule has 0 unspecified atom stereocenters. The Morgan fingerprint density at radius 1 is 1.04 bits per heavy atom. The van der Waals surface area contributed by atoms with Gasteiger partial charge in [0.2, 0.25) is 0 Å². The van der Waals surface area contributed by atoms with Crippen molar-refractivity contribution in [2.45, 2.75) is 37.4 Å². The number of hydrogen-bond donors (Lipinski definition) is 2. The number of para-hydroxylation sites is 1. The molecule has 2 aromatic carbocycles. The summed E-state index contributed by atoms with van der Waals surface area (Å²) >= 11 is 0. The van der Waals surface area contributed by atoms with Gasteiger partial charge in [0.1, 0.15) is 0 Å². The van der Waals surface area contributed by atoms with Crippen molar-refractivity contribution in [3.63, 3.8) is 0 Å². The number of aromatic carboxylic acids is 1. The number of carbonyl (C=O) groups is 1. The van der Waals surface area contributed by atoms with Gasteiger partial charge < -0.3 is 10.4 Å². The number of hydrogen-bond acceptors (Lipinski definition) is 2. The van der Waals surface area contributed by atoms with Crippen LogP contribution < -0.4 is 5.32 Å². The van der Waals surface area contributed by atoms with Gasteiger partial charge >= 0.3 is 12.1 Å². The quantitative estimate of drug-likeness (QED) is 0.695. The maximum absolute atomic E-state index is 13.7. The molecule has 2 aliphatic carbocycles. The predicted molar refractivity (Wildman–Crippen MR) is 98.3 cm³/mol. The molecule has 0 aromatic heterocycles. The van der Waals surface area contributed by atoms with Gasteiger partial charge in [0.05, 0.1) is 22.9 Å². The standard InChI is InChI=1S/C22H20F3NO2/c23-22(24,25)16-3-1-2-15-17-13-8-9-14(10-13)18(17)19(26-20(15)16)11-4-6-12(7-5-11)21(27)28/h1-7,13-14,17-19,26H,8-10H2,(H,27,28)/t13-,14-,17+,18-,19-/m0/s1. The van der Waals surface area contributed by atoms with Gasteiger partial charge in [-0.15, -0.1) is 0 Å². The second kappa shape index (κ2) is 6.00. The Kier molecular flexibility index (Phi) is 3.77. The molecule has 3 nitrogen and oxygen atoms in total. The van der Waals surface area contributed by atoms with E-state index in [1.54, 1.807) is 12.1 Å². The Bertz CT molecular complexity index is 938. The highest BCUT2D eigenvalue weighted by atomic mass is 19.4. The maximum atomic E-state index is 13.7. The molecule has 2 aromatic rings. The van der Waals surface area contributed by atoms with Crippen LogP contribution in [0.3, 0.4) is 0 Å². The van der Waals surface area contributed by atoms with Crippen LogP contribution in [-0.2, 0) is 6.18 Å². The van der Waals surface area contributed by atoms with E-state index < -0.39 is 17.7 Å². The van der Waals surface area contributed by atoms with Crippen molar-refractivity contribution in [3.05, 3.63) is 64.7 Å². The number of nitrogens with one attached hydrogen (secondary N) is 1. The fourth-order valence-electron chi connectivity index (χ4n) is 5.91. The fraction of sp³-hybridized carbons (Fsp3) is 0.409. The highest BCUT2D eigenvalue weighted by molar-refractivity contribution is 5.87. The van der Waals surface area contributed by atoms with Crippen molar-refractivity contribution >= 4 is 11.7 Å². The minimum atomic E-state index is -4.42. The lowest BCUT2D eigenvalue weighted by Crippen LogP contribution is -2.36. The van der Waals surface area contributed by atoms with Crippen LogP contribution in [0, 0.1) is 17.8 Å². The van der Waals surface area contributed by atoms with E-state index in [0.717, 1.165) is 36.5 Å². The topological polar surface area (TPSA) is 49.3 Å². The Morgan fingerprint density at radius 2 is 1.75 bits per heavy atom. The molecule has 146 valence electrons. The fourth-order valence-corrected chi connectivity index (χ4v) is 5.91. The zero-order valence-corrected chi connectivity index (χ0v) is 15.0. The van der Waals surface area contributed by atoms with Crippen LogP contribution in [0.4, 0.5) is 18.9 Å². The summed E-state index contributed by atoms with van der Waals surface area (Å²) in [6.45, 7) is 0. The molecule has 28 heavy (non-hydrogen) atoms. The third-order valence-corrected chi connectivity index (χ3v) is 6.94. The lowest BCUT2D eigenvalue weighted by atomic mass is 9.67. The van der Waals surface area contributed by atoms with Gasteiger partial charge in [-0.25, -0.2) is 4.79 Å². The molecular weight excluding hydrogens is 367 g/mol. The lowest BCUT2D eigenvalue weighted by molar-refractivity contribution is -0.137. The van der Waals surface area contributed by atoms with Crippen LogP contribution in [0.25, 0.3) is 0 Å². The molecule has 5 rings (SSSR count). The number of halogens is 3. The molecule has 2 bridgehead atoms. The van der Waals surface area contributed by atoms with Crippen molar-refractivity contribution in [2.24, 2.45) is 17.8 Å². The molecule has 2 fully saturated rings. The number of alkyl halides is 3. The molecule has 5 atom stereocenters. The highest BCUT2D eigenvalue weighted by Gasteiger charge is 2.54. The summed E-state index contributed by atoms with van der Waals surface area (Å²) in [5, 5.41) is 12.4. The predicted octanol–water partition coefficient (Wildman–Crippen LogP) is 5.70. The summed E-state index contributed by atoms with van der Waals surface area (Å²) < 4.78 is 41.0. The monoisotopic (exact) mass is 387 g/mol. The van der Waals surface area contributed by atoms with E-state index >= 15 is 0 Å². The highest BCUT2D eigenvalue weighted by Crippen LogP contribution is 2.64. The van der Waals surface area contributed by atoms with Crippen molar-refractivity contribution in [1.82, 2.24) is 0 Å². The Morgan fingerprint density at radius 3 is 2.43 bits per heavy atom. The van der Waals surface area contributed by atoms with Crippen molar-refractivity contribution in [2.75, 3.05) is 5.32 Å². The van der Waals surface area contributed by atoms with Gasteiger partial charge in [-0.1, -0.05) is 24.3 Å². The van der Waals surface area contributed by atoms with Crippen molar-refractivity contribution in [3.8, 4) is 0 Å². The zero-order chi connectivity index (χ0) is 19.6. The Balaban J connectivity index is 1.63. The van der Waals surface area contributed by atoms with Crippen molar-refractivity contribution < 1.29 is 23.1 Å². The van der Waals surface area contributed by atoms with E-state index in [2.05, 4.69) is 5.32 Å². The number of carboxylic acid groups (broad SMARTS) is 1. The number of anilines is 1. The molecule has 0 saturated heterocycles. The second-order valence-corrected chi connectivity index (χ2v) is 8.25. The number of fused-ring (bicyclic) bond motifs is 7. The van der Waals surface area contributed by atoms with Gasteiger partial charge in [0, 0.05) is 0 Å². The van der Waals surface area contributed by atoms with Crippen LogP contribution in [-0.4, -0.2) is 11.1 Å². The SMILES string of the molecule is O=C(O)c1ccc([C@@H]2Nc3c(cccc3C(F)(F)F)[C@H]3[C@H]4CC[C@@H](C4)[C@@H]32)cc1. The smallest absolute Gasteiger partial charge is 0.418 e. The molecule has 0 spiro atoms. The van der Waals surface area contributed by atoms with E-state index in [0.29, 0.717) is 11.8 Å². The van der Waals surface area contributed by atoms with E-state index in [9.17, 15) is 18.0 Å². The van der Waals surface area contributed by atoms with Gasteiger partial charge in [-0.3, -0.25) is 0 Å². The first-order valence-electron chi connectivity index (χ1n) is 9.64. The summed E-state index contributed by atoms with van der Waals surface area (Å²) in [5.41, 5.74) is 1.43. The van der Waals surface area contributed by atoms with Crippen molar-refractivity contribution in [1.29, 1.82) is 0 Å². The second-order valence-electron chi connectivity index (χ2n) is 8.25. The zero-order valence-electron chi connectivity index (χ0n) is 15.0. The first-order valence-corrected chi connectivity index (χ1v) is 9.64. The summed E-state index contributed by atoms with van der Waals surface area (Å²) in [5.74, 6) is 0.284. The number of carboxylic acids is 1.